The fourth-order valence-electron chi connectivity index (χ4n) is 4.04. The van der Waals surface area contributed by atoms with Crippen LogP contribution in [0.25, 0.3) is 10.9 Å². The summed E-state index contributed by atoms with van der Waals surface area (Å²) in [6.45, 7) is 5.62. The van der Waals surface area contributed by atoms with Crippen molar-refractivity contribution in [2.24, 2.45) is 0 Å². The van der Waals surface area contributed by atoms with Gasteiger partial charge in [0, 0.05) is 30.3 Å². The molecule has 2 saturated heterocycles. The fraction of sp³-hybridized carbons (Fsp3) is 0.579. The molecule has 0 aliphatic carbocycles. The molecule has 2 aromatic heterocycles. The number of rotatable bonds is 2. The van der Waals surface area contributed by atoms with E-state index in [4.69, 9.17) is 21.1 Å². The van der Waals surface area contributed by atoms with Gasteiger partial charge in [0.25, 0.3) is 0 Å². The van der Waals surface area contributed by atoms with E-state index in [2.05, 4.69) is 15.0 Å². The highest BCUT2D eigenvalue weighted by atomic mass is 35.5. The molecule has 2 aromatic rings. The monoisotopic (exact) mass is 390 g/mol. The van der Waals surface area contributed by atoms with E-state index >= 15 is 0 Å². The molecule has 2 atom stereocenters. The van der Waals surface area contributed by atoms with E-state index in [1.54, 1.807) is 17.2 Å². The van der Waals surface area contributed by atoms with Gasteiger partial charge in [-0.2, -0.15) is 0 Å². The largest absolute Gasteiger partial charge is 0.451 e. The standard InChI is InChI=1S/C19H23ClN4O3/c1-18(2,3)27-17(25)24-12-5-4-7-19(24,8-6-12)26-15-9-13-14(10-21-15)22-11-23-16(13)20/h9-12H,4-8H2,1-3H3. The first-order valence-corrected chi connectivity index (χ1v) is 9.63. The second kappa shape index (κ2) is 6.48. The summed E-state index contributed by atoms with van der Waals surface area (Å²) in [4.78, 5) is 27.2. The quantitative estimate of drug-likeness (QED) is 0.710. The minimum Gasteiger partial charge on any atom is -0.451 e. The highest BCUT2D eigenvalue weighted by molar-refractivity contribution is 6.34. The Bertz CT molecular complexity index is 881. The van der Waals surface area contributed by atoms with Crippen molar-refractivity contribution in [3.63, 3.8) is 0 Å². The molecule has 27 heavy (non-hydrogen) atoms. The normalized spacial score (nSPS) is 24.9. The highest BCUT2D eigenvalue weighted by Crippen LogP contribution is 2.45. The smallest absolute Gasteiger partial charge is 0.413 e. The Balaban J connectivity index is 1.66. The lowest BCUT2D eigenvalue weighted by Crippen LogP contribution is -2.57. The van der Waals surface area contributed by atoms with Gasteiger partial charge < -0.3 is 9.47 Å². The van der Waals surface area contributed by atoms with Gasteiger partial charge >= 0.3 is 6.09 Å². The van der Waals surface area contributed by atoms with Gasteiger partial charge in [0.2, 0.25) is 5.88 Å². The Morgan fingerprint density at radius 2 is 2.07 bits per heavy atom. The van der Waals surface area contributed by atoms with Gasteiger partial charge in [0.15, 0.2) is 5.72 Å². The van der Waals surface area contributed by atoms with E-state index in [1.807, 2.05) is 20.8 Å². The lowest BCUT2D eigenvalue weighted by Gasteiger charge is -2.44. The van der Waals surface area contributed by atoms with Crippen molar-refractivity contribution in [2.45, 2.75) is 70.2 Å². The van der Waals surface area contributed by atoms with Crippen LogP contribution in [0.4, 0.5) is 4.79 Å². The van der Waals surface area contributed by atoms with E-state index < -0.39 is 11.3 Å². The van der Waals surface area contributed by atoms with Crippen LogP contribution in [0.15, 0.2) is 18.6 Å². The van der Waals surface area contributed by atoms with Crippen molar-refractivity contribution in [1.29, 1.82) is 0 Å². The number of fused-ring (bicyclic) bond motifs is 3. The predicted octanol–water partition coefficient (Wildman–Crippen LogP) is 4.34. The van der Waals surface area contributed by atoms with E-state index in [0.717, 1.165) is 32.1 Å². The third-order valence-electron chi connectivity index (χ3n) is 5.11. The molecule has 0 aromatic carbocycles. The average Bonchev–Trinajstić information content (AvgIpc) is 2.80. The van der Waals surface area contributed by atoms with Crippen LogP contribution in [-0.4, -0.2) is 43.3 Å². The Kier molecular flexibility index (Phi) is 4.37. The van der Waals surface area contributed by atoms with E-state index in [-0.39, 0.29) is 12.1 Å². The Hall–Kier alpha value is -2.15. The maximum atomic E-state index is 12.9. The molecule has 144 valence electrons. The van der Waals surface area contributed by atoms with E-state index in [0.29, 0.717) is 21.9 Å². The van der Waals surface area contributed by atoms with Crippen LogP contribution in [-0.2, 0) is 4.74 Å². The molecule has 0 saturated carbocycles. The number of ether oxygens (including phenoxy) is 2. The SMILES string of the molecule is CC(C)(C)OC(=O)N1C2CCCC1(Oc1cc3c(Cl)ncnc3cn1)CC2. The average molecular weight is 391 g/mol. The third kappa shape index (κ3) is 3.40. The summed E-state index contributed by atoms with van der Waals surface area (Å²) >= 11 is 6.18. The van der Waals surface area contributed by atoms with Crippen LogP contribution in [0.1, 0.15) is 52.9 Å². The molecule has 2 unspecified atom stereocenters. The zero-order chi connectivity index (χ0) is 19.2. The number of carbonyl (C=O) groups is 1. The van der Waals surface area contributed by atoms with Gasteiger partial charge in [-0.3, -0.25) is 4.90 Å². The fourth-order valence-corrected chi connectivity index (χ4v) is 4.24. The number of nitrogens with zero attached hydrogens (tertiary/aromatic N) is 4. The first-order valence-electron chi connectivity index (χ1n) is 9.25. The van der Waals surface area contributed by atoms with Gasteiger partial charge in [-0.1, -0.05) is 11.6 Å². The van der Waals surface area contributed by atoms with Crippen molar-refractivity contribution in [3.8, 4) is 5.88 Å². The first kappa shape index (κ1) is 18.2. The minimum atomic E-state index is -0.728. The van der Waals surface area contributed by atoms with Crippen LogP contribution < -0.4 is 4.74 Å². The summed E-state index contributed by atoms with van der Waals surface area (Å²) < 4.78 is 12.0. The van der Waals surface area contributed by atoms with Crippen LogP contribution in [0.5, 0.6) is 5.88 Å². The van der Waals surface area contributed by atoms with Gasteiger partial charge in [0.05, 0.1) is 11.7 Å². The summed E-state index contributed by atoms with van der Waals surface area (Å²) in [6, 6.07) is 1.88. The molecule has 4 heterocycles. The molecule has 1 amide bonds. The van der Waals surface area contributed by atoms with Crippen LogP contribution in [0, 0.1) is 0 Å². The number of hydrogen-bond acceptors (Lipinski definition) is 6. The Morgan fingerprint density at radius 3 is 2.85 bits per heavy atom. The summed E-state index contributed by atoms with van der Waals surface area (Å²) in [5.41, 5.74) is -0.633. The minimum absolute atomic E-state index is 0.140. The molecule has 0 radical (unpaired) electrons. The second-order valence-corrected chi connectivity index (χ2v) is 8.55. The van der Waals surface area contributed by atoms with E-state index in [1.165, 1.54) is 6.33 Å². The molecule has 7 nitrogen and oxygen atoms in total. The van der Waals surface area contributed by atoms with Crippen LogP contribution in [0.3, 0.4) is 0 Å². The molecule has 8 heteroatoms. The zero-order valence-electron chi connectivity index (χ0n) is 15.7. The summed E-state index contributed by atoms with van der Waals surface area (Å²) in [5.74, 6) is 0.412. The molecule has 4 rings (SSSR count). The summed E-state index contributed by atoms with van der Waals surface area (Å²) in [5, 5.41) is 1.02. The molecule has 2 aliphatic heterocycles. The number of amides is 1. The molecule has 2 bridgehead atoms. The second-order valence-electron chi connectivity index (χ2n) is 8.19. The van der Waals surface area contributed by atoms with Crippen molar-refractivity contribution >= 4 is 28.6 Å². The molecular formula is C19H23ClN4O3. The van der Waals surface area contributed by atoms with Gasteiger partial charge in [-0.15, -0.1) is 0 Å². The Labute approximate surface area is 163 Å². The summed E-state index contributed by atoms with van der Waals surface area (Å²) in [7, 11) is 0. The number of hydrogen-bond donors (Lipinski definition) is 0. The third-order valence-corrected chi connectivity index (χ3v) is 5.41. The topological polar surface area (TPSA) is 77.4 Å². The lowest BCUT2D eigenvalue weighted by atomic mass is 10.00. The molecule has 2 aliphatic rings. The lowest BCUT2D eigenvalue weighted by molar-refractivity contribution is -0.0990. The van der Waals surface area contributed by atoms with Gasteiger partial charge in [0.1, 0.15) is 17.1 Å². The van der Waals surface area contributed by atoms with E-state index in [9.17, 15) is 4.79 Å². The van der Waals surface area contributed by atoms with Crippen molar-refractivity contribution < 1.29 is 14.3 Å². The summed E-state index contributed by atoms with van der Waals surface area (Å²) in [6.07, 6.45) is 7.07. The van der Waals surface area contributed by atoms with Gasteiger partial charge in [-0.25, -0.2) is 19.7 Å². The maximum absolute atomic E-state index is 12.9. The highest BCUT2D eigenvalue weighted by Gasteiger charge is 2.54. The number of piperidine rings is 1. The number of halogens is 1. The van der Waals surface area contributed by atoms with Crippen molar-refractivity contribution in [1.82, 2.24) is 19.9 Å². The molecular weight excluding hydrogens is 368 g/mol. The molecule has 0 N–H and O–H groups in total. The number of pyridine rings is 1. The maximum Gasteiger partial charge on any atom is 0.413 e. The predicted molar refractivity (Wildman–Crippen MR) is 101 cm³/mol. The Morgan fingerprint density at radius 1 is 1.26 bits per heavy atom. The van der Waals surface area contributed by atoms with Crippen LogP contribution >= 0.6 is 11.6 Å². The van der Waals surface area contributed by atoms with Gasteiger partial charge in [-0.05, 0) is 40.0 Å². The van der Waals surface area contributed by atoms with Crippen LogP contribution in [0.2, 0.25) is 5.15 Å². The zero-order valence-corrected chi connectivity index (χ0v) is 16.5. The van der Waals surface area contributed by atoms with Crippen molar-refractivity contribution in [3.05, 3.63) is 23.7 Å². The molecule has 0 spiro atoms. The van der Waals surface area contributed by atoms with Crippen molar-refractivity contribution in [2.75, 3.05) is 0 Å². The number of carbonyl (C=O) groups excluding carboxylic acids is 1. The molecule has 2 fully saturated rings. The number of aromatic nitrogens is 3. The first-order chi connectivity index (χ1) is 12.8.